The second-order valence-corrected chi connectivity index (χ2v) is 1.93. The minimum Gasteiger partial charge on any atom is -0.323 e. The van der Waals surface area contributed by atoms with Crippen LogP contribution < -0.4 is 5.84 Å². The predicted molar refractivity (Wildman–Crippen MR) is 32.1 cm³/mol. The van der Waals surface area contributed by atoms with Crippen LogP contribution in [0.4, 0.5) is 0 Å². The van der Waals surface area contributed by atoms with Crippen molar-refractivity contribution in [1.29, 1.82) is 0 Å². The Morgan fingerprint density at radius 3 is 2.00 bits per heavy atom. The van der Waals surface area contributed by atoms with E-state index in [1.54, 1.807) is 0 Å². The highest BCUT2D eigenvalue weighted by Crippen LogP contribution is 1.92. The van der Waals surface area contributed by atoms with E-state index in [1.165, 1.54) is 0 Å². The smallest absolute Gasteiger partial charge is 0.0370 e. The topological polar surface area (TPSA) is 38.4 Å². The molecule has 2 heteroatoms. The van der Waals surface area contributed by atoms with Crippen LogP contribution in [0.15, 0.2) is 5.10 Å². The summed E-state index contributed by atoms with van der Waals surface area (Å²) in [5.74, 6) is 5.45. The molecule has 0 radical (unpaired) electrons. The highest BCUT2D eigenvalue weighted by molar-refractivity contribution is 5.83. The van der Waals surface area contributed by atoms with Crippen molar-refractivity contribution in [2.45, 2.75) is 20.8 Å². The second-order valence-electron chi connectivity index (χ2n) is 1.93. The molecule has 42 valence electrons. The van der Waals surface area contributed by atoms with Crippen LogP contribution >= 0.6 is 0 Å². The Labute approximate surface area is 44.4 Å². The van der Waals surface area contributed by atoms with E-state index in [4.69, 9.17) is 5.84 Å². The normalized spacial score (nSPS) is 12.9. The largest absolute Gasteiger partial charge is 0.323 e. The lowest BCUT2D eigenvalue weighted by Gasteiger charge is -1.98. The van der Waals surface area contributed by atoms with Crippen molar-refractivity contribution in [2.75, 3.05) is 0 Å². The molecule has 2 nitrogen and oxygen atoms in total. The zero-order valence-corrected chi connectivity index (χ0v) is 5.10. The van der Waals surface area contributed by atoms with Gasteiger partial charge in [0.05, 0.1) is 0 Å². The van der Waals surface area contributed by atoms with Crippen LogP contribution in [0.25, 0.3) is 0 Å². The summed E-state index contributed by atoms with van der Waals surface area (Å²) in [5.41, 5.74) is 1.00. The first-order valence-corrected chi connectivity index (χ1v) is 2.43. The molecule has 0 aromatic rings. The quantitative estimate of drug-likeness (QED) is 0.298. The van der Waals surface area contributed by atoms with Gasteiger partial charge in [0, 0.05) is 5.71 Å². The highest BCUT2D eigenvalue weighted by atomic mass is 15.1. The molecule has 0 heterocycles. The molecule has 0 spiro atoms. The van der Waals surface area contributed by atoms with Gasteiger partial charge in [0.15, 0.2) is 0 Å². The summed E-state index contributed by atoms with van der Waals surface area (Å²) >= 11 is 0. The third kappa shape index (κ3) is 2.20. The van der Waals surface area contributed by atoms with Crippen molar-refractivity contribution < 1.29 is 0 Å². The van der Waals surface area contributed by atoms with E-state index in [0.29, 0.717) is 5.92 Å². The molecule has 0 aliphatic carbocycles. The molecule has 0 bridgehead atoms. The van der Waals surface area contributed by atoms with E-state index in [1.807, 2.05) is 6.92 Å². The Morgan fingerprint density at radius 2 is 2.00 bits per heavy atom. The van der Waals surface area contributed by atoms with Crippen LogP contribution in [-0.4, -0.2) is 5.71 Å². The third-order valence-electron chi connectivity index (χ3n) is 1.04. The van der Waals surface area contributed by atoms with Gasteiger partial charge in [0.1, 0.15) is 0 Å². The Bertz CT molecular complexity index is 74.1. The average Bonchev–Trinajstić information content (AvgIpc) is 1.65. The molecule has 0 aromatic heterocycles. The van der Waals surface area contributed by atoms with Gasteiger partial charge < -0.3 is 5.84 Å². The molecule has 0 aromatic carbocycles. The highest BCUT2D eigenvalue weighted by Gasteiger charge is 1.93. The van der Waals surface area contributed by atoms with E-state index in [0.717, 1.165) is 5.71 Å². The summed E-state index contributed by atoms with van der Waals surface area (Å²) in [6.07, 6.45) is 0. The van der Waals surface area contributed by atoms with Gasteiger partial charge in [-0.25, -0.2) is 0 Å². The minimum atomic E-state index is 0.491. The zero-order valence-electron chi connectivity index (χ0n) is 5.10. The summed E-state index contributed by atoms with van der Waals surface area (Å²) in [6.45, 7) is 6.04. The number of nitrogens with two attached hydrogens (primary N) is 1. The maximum Gasteiger partial charge on any atom is 0.0370 e. The maximum atomic E-state index is 4.96. The van der Waals surface area contributed by atoms with Crippen molar-refractivity contribution in [1.82, 2.24) is 0 Å². The van der Waals surface area contributed by atoms with Crippen molar-refractivity contribution in [3.05, 3.63) is 0 Å². The summed E-state index contributed by atoms with van der Waals surface area (Å²) in [5, 5.41) is 3.50. The van der Waals surface area contributed by atoms with Crippen LogP contribution in [0.1, 0.15) is 20.8 Å². The van der Waals surface area contributed by atoms with Gasteiger partial charge in [-0.15, -0.1) is 0 Å². The lowest BCUT2D eigenvalue weighted by atomic mass is 10.1. The molecule has 0 saturated carbocycles. The molecule has 2 N–H and O–H groups in total. The van der Waals surface area contributed by atoms with Crippen LogP contribution in [-0.2, 0) is 0 Å². The van der Waals surface area contributed by atoms with Gasteiger partial charge in [-0.05, 0) is 12.8 Å². The molecule has 0 saturated heterocycles. The molecule has 7 heavy (non-hydrogen) atoms. The second kappa shape index (κ2) is 2.61. The van der Waals surface area contributed by atoms with E-state index >= 15 is 0 Å². The van der Waals surface area contributed by atoms with Crippen molar-refractivity contribution in [3.8, 4) is 0 Å². The van der Waals surface area contributed by atoms with E-state index in [9.17, 15) is 0 Å². The van der Waals surface area contributed by atoms with E-state index in [2.05, 4.69) is 18.9 Å². The zero-order chi connectivity index (χ0) is 5.86. The van der Waals surface area contributed by atoms with Crippen LogP contribution in [0.2, 0.25) is 0 Å². The predicted octanol–water partition coefficient (Wildman–Crippen LogP) is 0.977. The Hall–Kier alpha value is -0.530. The first-order valence-electron chi connectivity index (χ1n) is 2.43. The van der Waals surface area contributed by atoms with Crippen molar-refractivity contribution in [2.24, 2.45) is 16.9 Å². The van der Waals surface area contributed by atoms with Crippen LogP contribution in [0, 0.1) is 5.92 Å². The summed E-state index contributed by atoms with van der Waals surface area (Å²) in [4.78, 5) is 0. The standard InChI is InChI=1S/C5H12N2/c1-4(2)5(3)7-6/h4H,6H2,1-3H3/b7-5+. The minimum absolute atomic E-state index is 0.491. The Kier molecular flexibility index (Phi) is 2.41. The molecule has 0 amide bonds. The van der Waals surface area contributed by atoms with Gasteiger partial charge in [-0.3, -0.25) is 0 Å². The van der Waals surface area contributed by atoms with Gasteiger partial charge >= 0.3 is 0 Å². The van der Waals surface area contributed by atoms with Crippen molar-refractivity contribution >= 4 is 5.71 Å². The molecular formula is C5H12N2. The SMILES string of the molecule is C/C(=N\N)C(C)C. The summed E-state index contributed by atoms with van der Waals surface area (Å²) in [6, 6.07) is 0. The van der Waals surface area contributed by atoms with Gasteiger partial charge in [-0.2, -0.15) is 5.10 Å². The van der Waals surface area contributed by atoms with Gasteiger partial charge in [-0.1, -0.05) is 13.8 Å². The number of nitrogens with zero attached hydrogens (tertiary/aromatic N) is 1. The van der Waals surface area contributed by atoms with Gasteiger partial charge in [0.2, 0.25) is 0 Å². The number of hydrazone groups is 1. The summed E-state index contributed by atoms with van der Waals surface area (Å²) < 4.78 is 0. The fourth-order valence-corrected chi connectivity index (χ4v) is 0.149. The molecule has 0 atom stereocenters. The number of hydrogen-bond acceptors (Lipinski definition) is 2. The van der Waals surface area contributed by atoms with Gasteiger partial charge in [0.25, 0.3) is 0 Å². The number of rotatable bonds is 1. The maximum absolute atomic E-state index is 4.96. The van der Waals surface area contributed by atoms with Crippen LogP contribution in [0.3, 0.4) is 0 Å². The Balaban J connectivity index is 3.56. The fourth-order valence-electron chi connectivity index (χ4n) is 0.149. The Morgan fingerprint density at radius 1 is 1.57 bits per heavy atom. The summed E-state index contributed by atoms with van der Waals surface area (Å²) in [7, 11) is 0. The fraction of sp³-hybridized carbons (Fsp3) is 0.800. The first kappa shape index (κ1) is 6.47. The van der Waals surface area contributed by atoms with E-state index < -0.39 is 0 Å². The molecule has 0 fully saturated rings. The van der Waals surface area contributed by atoms with E-state index in [-0.39, 0.29) is 0 Å². The lowest BCUT2D eigenvalue weighted by Crippen LogP contribution is -2.03. The average molecular weight is 100 g/mol. The monoisotopic (exact) mass is 100 g/mol. The van der Waals surface area contributed by atoms with Crippen LogP contribution in [0.5, 0.6) is 0 Å². The number of hydrogen-bond donors (Lipinski definition) is 1. The lowest BCUT2D eigenvalue weighted by molar-refractivity contribution is 0.869. The third-order valence-corrected chi connectivity index (χ3v) is 1.04. The molecule has 0 rings (SSSR count). The molecule has 0 aliphatic rings. The molecule has 0 unspecified atom stereocenters. The first-order chi connectivity index (χ1) is 3.18. The van der Waals surface area contributed by atoms with Crippen molar-refractivity contribution in [3.63, 3.8) is 0 Å². The molecular weight excluding hydrogens is 88.1 g/mol. The molecule has 0 aliphatic heterocycles.